The molecule has 0 aromatic heterocycles. The van der Waals surface area contributed by atoms with Crippen molar-refractivity contribution in [3.8, 4) is 0 Å². The van der Waals surface area contributed by atoms with Gasteiger partial charge in [0.2, 0.25) is 0 Å². The monoisotopic (exact) mass is 329 g/mol. The standard InChI is InChI=1S/C17H19N3O4/c1-4-12-14-10(3)7-6-8-11(14)16(23)15(20(12)19-5-2)17(24)18-9-13(21)22/h4-8,23H,9H2,1-3H3,(H,18,24)(H,21,22)/b12-4+,19-5-. The van der Waals surface area contributed by atoms with Crippen LogP contribution in [0.3, 0.4) is 0 Å². The molecule has 2 rings (SSSR count). The van der Waals surface area contributed by atoms with E-state index in [2.05, 4.69) is 10.4 Å². The Balaban J connectivity index is 2.66. The van der Waals surface area contributed by atoms with Gasteiger partial charge in [-0.05, 0) is 26.3 Å². The Morgan fingerprint density at radius 2 is 2.04 bits per heavy atom. The van der Waals surface area contributed by atoms with E-state index in [9.17, 15) is 14.7 Å². The summed E-state index contributed by atoms with van der Waals surface area (Å²) < 4.78 is 0. The SMILES string of the molecule is C/C=N\N1C(C(=O)NCC(=O)O)=C(O)c2cccc(C)c2/C1=C\C. The third-order valence-corrected chi connectivity index (χ3v) is 3.57. The molecule has 0 aliphatic carbocycles. The summed E-state index contributed by atoms with van der Waals surface area (Å²) >= 11 is 0. The summed E-state index contributed by atoms with van der Waals surface area (Å²) in [5, 5.41) is 27.1. The number of aryl methyl sites for hydroxylation is 1. The highest BCUT2D eigenvalue weighted by molar-refractivity contribution is 6.04. The Kier molecular flexibility index (Phi) is 5.03. The molecular weight excluding hydrogens is 310 g/mol. The van der Waals surface area contributed by atoms with Gasteiger partial charge in [0.25, 0.3) is 5.91 Å². The molecule has 0 spiro atoms. The van der Waals surface area contributed by atoms with Crippen LogP contribution in [-0.2, 0) is 9.59 Å². The number of carbonyl (C=O) groups excluding carboxylic acids is 1. The second-order valence-electron chi connectivity index (χ2n) is 5.13. The minimum absolute atomic E-state index is 0.111. The van der Waals surface area contributed by atoms with Gasteiger partial charge in [-0.3, -0.25) is 9.59 Å². The maximum absolute atomic E-state index is 12.4. The number of allylic oxidation sites excluding steroid dienone is 1. The first kappa shape index (κ1) is 17.3. The molecule has 1 heterocycles. The largest absolute Gasteiger partial charge is 0.505 e. The highest BCUT2D eigenvalue weighted by Crippen LogP contribution is 2.39. The topological polar surface area (TPSA) is 102 Å². The fourth-order valence-electron chi connectivity index (χ4n) is 2.60. The van der Waals surface area contributed by atoms with Crippen molar-refractivity contribution in [1.82, 2.24) is 10.3 Å². The molecule has 126 valence electrons. The fraction of sp³-hybridized carbons (Fsp3) is 0.235. The van der Waals surface area contributed by atoms with Gasteiger partial charge in [-0.15, -0.1) is 0 Å². The third kappa shape index (κ3) is 3.01. The highest BCUT2D eigenvalue weighted by Gasteiger charge is 2.33. The average molecular weight is 329 g/mol. The summed E-state index contributed by atoms with van der Waals surface area (Å²) in [6, 6.07) is 5.39. The molecule has 1 aromatic carbocycles. The second kappa shape index (κ2) is 6.99. The number of nitrogens with zero attached hydrogens (tertiary/aromatic N) is 2. The average Bonchev–Trinajstić information content (AvgIpc) is 2.54. The van der Waals surface area contributed by atoms with Crippen LogP contribution in [0.25, 0.3) is 11.5 Å². The van der Waals surface area contributed by atoms with Gasteiger partial charge >= 0.3 is 5.97 Å². The third-order valence-electron chi connectivity index (χ3n) is 3.57. The summed E-state index contributed by atoms with van der Waals surface area (Å²) in [7, 11) is 0. The highest BCUT2D eigenvalue weighted by atomic mass is 16.4. The predicted molar refractivity (Wildman–Crippen MR) is 91.0 cm³/mol. The summed E-state index contributed by atoms with van der Waals surface area (Å²) in [5.74, 6) is -2.13. The molecule has 0 fully saturated rings. The first-order valence-corrected chi connectivity index (χ1v) is 7.41. The molecule has 1 aromatic rings. The van der Waals surface area contributed by atoms with Crippen LogP contribution in [0.2, 0.25) is 0 Å². The molecule has 1 amide bonds. The zero-order valence-corrected chi connectivity index (χ0v) is 13.7. The van der Waals surface area contributed by atoms with Crippen LogP contribution >= 0.6 is 0 Å². The summed E-state index contributed by atoms with van der Waals surface area (Å²) in [6.45, 7) is 4.84. The van der Waals surface area contributed by atoms with Gasteiger partial charge in [0.15, 0.2) is 11.5 Å². The van der Waals surface area contributed by atoms with Gasteiger partial charge < -0.3 is 15.5 Å². The Hall–Kier alpha value is -3.09. The van der Waals surface area contributed by atoms with E-state index in [0.29, 0.717) is 11.3 Å². The zero-order chi connectivity index (χ0) is 17.9. The second-order valence-corrected chi connectivity index (χ2v) is 5.13. The first-order chi connectivity index (χ1) is 11.4. The Labute approximate surface area is 139 Å². The van der Waals surface area contributed by atoms with Crippen molar-refractivity contribution in [2.75, 3.05) is 6.54 Å². The van der Waals surface area contributed by atoms with E-state index >= 15 is 0 Å². The Morgan fingerprint density at radius 3 is 2.62 bits per heavy atom. The van der Waals surface area contributed by atoms with Gasteiger partial charge in [-0.2, -0.15) is 5.10 Å². The van der Waals surface area contributed by atoms with E-state index in [1.165, 1.54) is 11.2 Å². The van der Waals surface area contributed by atoms with Crippen molar-refractivity contribution in [3.63, 3.8) is 0 Å². The normalized spacial score (nSPS) is 15.8. The van der Waals surface area contributed by atoms with Crippen molar-refractivity contribution < 1.29 is 19.8 Å². The smallest absolute Gasteiger partial charge is 0.322 e. The van der Waals surface area contributed by atoms with Crippen LogP contribution in [0.15, 0.2) is 35.1 Å². The van der Waals surface area contributed by atoms with Crippen LogP contribution in [0.1, 0.15) is 30.5 Å². The molecule has 7 heteroatoms. The lowest BCUT2D eigenvalue weighted by Gasteiger charge is -2.31. The first-order valence-electron chi connectivity index (χ1n) is 7.41. The fourth-order valence-corrected chi connectivity index (χ4v) is 2.60. The number of rotatable bonds is 4. The maximum atomic E-state index is 12.4. The molecular formula is C17H19N3O4. The zero-order valence-electron chi connectivity index (χ0n) is 13.7. The number of fused-ring (bicyclic) bond motifs is 1. The number of aliphatic hydroxyl groups excluding tert-OH is 1. The van der Waals surface area contributed by atoms with Crippen LogP contribution < -0.4 is 5.32 Å². The number of benzene rings is 1. The van der Waals surface area contributed by atoms with E-state index < -0.39 is 18.4 Å². The number of nitrogens with one attached hydrogen (secondary N) is 1. The molecule has 3 N–H and O–H groups in total. The number of amides is 1. The van der Waals surface area contributed by atoms with E-state index in [0.717, 1.165) is 11.1 Å². The number of hydrogen-bond donors (Lipinski definition) is 3. The van der Waals surface area contributed by atoms with Crippen molar-refractivity contribution in [1.29, 1.82) is 0 Å². The van der Waals surface area contributed by atoms with Gasteiger partial charge in [0.1, 0.15) is 6.54 Å². The van der Waals surface area contributed by atoms with Crippen molar-refractivity contribution >= 4 is 29.5 Å². The molecule has 0 radical (unpaired) electrons. The minimum Gasteiger partial charge on any atom is -0.505 e. The molecule has 24 heavy (non-hydrogen) atoms. The number of hydrazone groups is 1. The molecule has 0 bridgehead atoms. The van der Waals surface area contributed by atoms with Gasteiger partial charge in [-0.1, -0.05) is 24.3 Å². The summed E-state index contributed by atoms with van der Waals surface area (Å²) in [5.41, 5.74) is 2.73. The van der Waals surface area contributed by atoms with E-state index in [4.69, 9.17) is 5.11 Å². The maximum Gasteiger partial charge on any atom is 0.322 e. The molecule has 0 saturated carbocycles. The Morgan fingerprint density at radius 1 is 1.33 bits per heavy atom. The number of carbonyl (C=O) groups is 2. The quantitative estimate of drug-likeness (QED) is 0.734. The van der Waals surface area contributed by atoms with Crippen molar-refractivity contribution in [2.45, 2.75) is 20.8 Å². The lowest BCUT2D eigenvalue weighted by molar-refractivity contribution is -0.137. The van der Waals surface area contributed by atoms with Gasteiger partial charge in [0.05, 0.1) is 5.70 Å². The lowest BCUT2D eigenvalue weighted by Crippen LogP contribution is -2.37. The molecule has 1 aliphatic rings. The van der Waals surface area contributed by atoms with E-state index in [1.54, 1.807) is 32.1 Å². The van der Waals surface area contributed by atoms with Gasteiger partial charge in [-0.25, -0.2) is 5.01 Å². The van der Waals surface area contributed by atoms with Crippen LogP contribution in [0.5, 0.6) is 0 Å². The molecule has 0 saturated heterocycles. The lowest BCUT2D eigenvalue weighted by atomic mass is 9.93. The van der Waals surface area contributed by atoms with Crippen molar-refractivity contribution in [3.05, 3.63) is 46.7 Å². The number of carboxylic acid groups (broad SMARTS) is 1. The van der Waals surface area contributed by atoms with E-state index in [1.807, 2.05) is 13.0 Å². The number of hydrogen-bond acceptors (Lipinski definition) is 5. The van der Waals surface area contributed by atoms with Gasteiger partial charge in [0, 0.05) is 17.3 Å². The van der Waals surface area contributed by atoms with Crippen LogP contribution in [0, 0.1) is 6.92 Å². The number of aliphatic hydroxyl groups is 1. The minimum atomic E-state index is -1.17. The summed E-state index contributed by atoms with van der Waals surface area (Å²) in [4.78, 5) is 23.1. The van der Waals surface area contributed by atoms with Crippen LogP contribution in [0.4, 0.5) is 0 Å². The van der Waals surface area contributed by atoms with Crippen molar-refractivity contribution in [2.24, 2.45) is 5.10 Å². The summed E-state index contributed by atoms with van der Waals surface area (Å²) in [6.07, 6.45) is 3.28. The molecule has 1 aliphatic heterocycles. The van der Waals surface area contributed by atoms with Crippen LogP contribution in [-0.4, -0.2) is 39.9 Å². The molecule has 0 unspecified atom stereocenters. The number of aliphatic carboxylic acids is 1. The van der Waals surface area contributed by atoms with E-state index in [-0.39, 0.29) is 11.5 Å². The molecule has 0 atom stereocenters. The Bertz CT molecular complexity index is 778. The predicted octanol–water partition coefficient (Wildman–Crippen LogP) is 2.10. The molecule has 7 nitrogen and oxygen atoms in total. The number of carboxylic acids is 1.